The Labute approximate surface area is 106 Å². The first-order valence-corrected chi connectivity index (χ1v) is 6.51. The second-order valence-corrected chi connectivity index (χ2v) is 5.40. The molecule has 2 unspecified atom stereocenters. The number of carbonyl (C=O) groups is 2. The van der Waals surface area contributed by atoms with Gasteiger partial charge in [-0.3, -0.25) is 4.79 Å². The summed E-state index contributed by atoms with van der Waals surface area (Å²) in [5.74, 6) is 0.0120. The van der Waals surface area contributed by atoms with E-state index in [1.807, 2.05) is 0 Å². The van der Waals surface area contributed by atoms with Crippen molar-refractivity contribution in [2.45, 2.75) is 19.8 Å². The Hall–Kier alpha value is -1.36. The molecular formula is C13H18N2O3. The summed E-state index contributed by atoms with van der Waals surface area (Å²) in [4.78, 5) is 23.7. The van der Waals surface area contributed by atoms with E-state index in [-0.39, 0.29) is 23.2 Å². The average Bonchev–Trinajstić information content (AvgIpc) is 2.88. The fourth-order valence-electron chi connectivity index (χ4n) is 3.50. The van der Waals surface area contributed by atoms with Crippen LogP contribution in [0.2, 0.25) is 0 Å². The fourth-order valence-corrected chi connectivity index (χ4v) is 3.50. The Morgan fingerprint density at radius 1 is 1.28 bits per heavy atom. The van der Waals surface area contributed by atoms with Gasteiger partial charge in [0, 0.05) is 24.6 Å². The minimum Gasteiger partial charge on any atom is -0.458 e. The molecule has 3 aliphatic heterocycles. The quantitative estimate of drug-likeness (QED) is 0.642. The normalized spacial score (nSPS) is 36.2. The molecule has 2 fully saturated rings. The van der Waals surface area contributed by atoms with E-state index in [4.69, 9.17) is 4.74 Å². The smallest absolute Gasteiger partial charge is 0.334 e. The van der Waals surface area contributed by atoms with E-state index in [2.05, 4.69) is 10.6 Å². The summed E-state index contributed by atoms with van der Waals surface area (Å²) < 4.78 is 5.10. The number of piperidine rings is 1. The topological polar surface area (TPSA) is 67.4 Å². The lowest BCUT2D eigenvalue weighted by Crippen LogP contribution is -2.50. The third-order valence-electron chi connectivity index (χ3n) is 4.64. The van der Waals surface area contributed by atoms with E-state index in [1.165, 1.54) is 0 Å². The largest absolute Gasteiger partial charge is 0.458 e. The molecule has 3 aliphatic rings. The second-order valence-electron chi connectivity index (χ2n) is 5.40. The summed E-state index contributed by atoms with van der Waals surface area (Å²) in [6, 6.07) is 0. The van der Waals surface area contributed by atoms with Crippen molar-refractivity contribution in [1.29, 1.82) is 0 Å². The molecule has 3 heterocycles. The van der Waals surface area contributed by atoms with Gasteiger partial charge in [-0.15, -0.1) is 0 Å². The number of hydrogen-bond donors (Lipinski definition) is 2. The van der Waals surface area contributed by atoms with Gasteiger partial charge < -0.3 is 15.4 Å². The van der Waals surface area contributed by atoms with Gasteiger partial charge in [0.05, 0.1) is 5.41 Å². The monoisotopic (exact) mass is 250 g/mol. The number of ether oxygens (including phenoxy) is 1. The van der Waals surface area contributed by atoms with E-state index in [9.17, 15) is 9.59 Å². The molecule has 2 N–H and O–H groups in total. The van der Waals surface area contributed by atoms with Crippen molar-refractivity contribution in [3.8, 4) is 0 Å². The highest BCUT2D eigenvalue weighted by molar-refractivity contribution is 5.92. The maximum absolute atomic E-state index is 12.2. The lowest BCUT2D eigenvalue weighted by molar-refractivity contribution is -0.135. The predicted molar refractivity (Wildman–Crippen MR) is 64.7 cm³/mol. The van der Waals surface area contributed by atoms with Crippen LogP contribution in [0.3, 0.4) is 0 Å². The summed E-state index contributed by atoms with van der Waals surface area (Å²) in [7, 11) is 0. The SMILES string of the molecule is CC1=C(C2CNCCC23CCNC3=O)COC1=O. The Balaban J connectivity index is 1.98. The van der Waals surface area contributed by atoms with Gasteiger partial charge in [0.2, 0.25) is 5.91 Å². The van der Waals surface area contributed by atoms with E-state index < -0.39 is 0 Å². The van der Waals surface area contributed by atoms with Crippen molar-refractivity contribution in [1.82, 2.24) is 10.6 Å². The molecule has 18 heavy (non-hydrogen) atoms. The van der Waals surface area contributed by atoms with Gasteiger partial charge >= 0.3 is 5.97 Å². The zero-order chi connectivity index (χ0) is 12.8. The molecule has 0 aliphatic carbocycles. The molecule has 1 spiro atoms. The minimum atomic E-state index is -0.324. The highest BCUT2D eigenvalue weighted by Gasteiger charge is 2.52. The number of nitrogens with one attached hydrogen (secondary N) is 2. The molecule has 2 atom stereocenters. The molecule has 2 saturated heterocycles. The number of esters is 1. The lowest BCUT2D eigenvalue weighted by atomic mass is 9.66. The molecular weight excluding hydrogens is 232 g/mol. The van der Waals surface area contributed by atoms with Gasteiger partial charge in [-0.1, -0.05) is 0 Å². The average molecular weight is 250 g/mol. The molecule has 0 aromatic heterocycles. The summed E-state index contributed by atoms with van der Waals surface area (Å²) >= 11 is 0. The number of hydrogen-bond acceptors (Lipinski definition) is 4. The van der Waals surface area contributed by atoms with Gasteiger partial charge in [0.15, 0.2) is 0 Å². The third-order valence-corrected chi connectivity index (χ3v) is 4.64. The zero-order valence-electron chi connectivity index (χ0n) is 10.5. The van der Waals surface area contributed by atoms with Crippen molar-refractivity contribution in [3.63, 3.8) is 0 Å². The number of rotatable bonds is 1. The number of cyclic esters (lactones) is 1. The molecule has 0 aromatic carbocycles. The Morgan fingerprint density at radius 3 is 2.67 bits per heavy atom. The summed E-state index contributed by atoms with van der Waals surface area (Å²) in [6.45, 7) is 4.53. The Morgan fingerprint density at radius 2 is 2.06 bits per heavy atom. The van der Waals surface area contributed by atoms with Gasteiger partial charge in [0.1, 0.15) is 6.61 Å². The van der Waals surface area contributed by atoms with Crippen LogP contribution in [-0.4, -0.2) is 38.1 Å². The van der Waals surface area contributed by atoms with Crippen molar-refractivity contribution in [2.75, 3.05) is 26.2 Å². The minimum absolute atomic E-state index is 0.0974. The highest BCUT2D eigenvalue weighted by Crippen LogP contribution is 2.45. The Bertz CT molecular complexity index is 444. The molecule has 5 nitrogen and oxygen atoms in total. The van der Waals surface area contributed by atoms with E-state index in [0.29, 0.717) is 12.2 Å². The maximum Gasteiger partial charge on any atom is 0.334 e. The molecule has 98 valence electrons. The Kier molecular flexibility index (Phi) is 2.66. The lowest BCUT2D eigenvalue weighted by Gasteiger charge is -2.40. The highest BCUT2D eigenvalue weighted by atomic mass is 16.5. The first-order chi connectivity index (χ1) is 8.65. The van der Waals surface area contributed by atoms with E-state index in [1.54, 1.807) is 6.92 Å². The van der Waals surface area contributed by atoms with Crippen LogP contribution >= 0.6 is 0 Å². The molecule has 0 saturated carbocycles. The molecule has 1 amide bonds. The zero-order valence-corrected chi connectivity index (χ0v) is 10.5. The van der Waals surface area contributed by atoms with Crippen LogP contribution < -0.4 is 10.6 Å². The van der Waals surface area contributed by atoms with Crippen LogP contribution in [-0.2, 0) is 14.3 Å². The van der Waals surface area contributed by atoms with E-state index >= 15 is 0 Å². The second kappa shape index (κ2) is 4.09. The maximum atomic E-state index is 12.2. The molecule has 3 rings (SSSR count). The first-order valence-electron chi connectivity index (χ1n) is 6.51. The summed E-state index contributed by atoms with van der Waals surface area (Å²) in [6.07, 6.45) is 1.71. The number of carbonyl (C=O) groups excluding carboxylic acids is 2. The number of amides is 1. The summed E-state index contributed by atoms with van der Waals surface area (Å²) in [5, 5.41) is 6.28. The van der Waals surface area contributed by atoms with Crippen LogP contribution in [0.1, 0.15) is 19.8 Å². The van der Waals surface area contributed by atoms with Crippen molar-refractivity contribution in [2.24, 2.45) is 11.3 Å². The fraction of sp³-hybridized carbons (Fsp3) is 0.692. The van der Waals surface area contributed by atoms with Crippen molar-refractivity contribution in [3.05, 3.63) is 11.1 Å². The van der Waals surface area contributed by atoms with Gasteiger partial charge in [-0.05, 0) is 31.9 Å². The predicted octanol–water partition coefficient (Wildman–Crippen LogP) is -0.0245. The van der Waals surface area contributed by atoms with Crippen LogP contribution in [0, 0.1) is 11.3 Å². The van der Waals surface area contributed by atoms with Crippen LogP contribution in [0.15, 0.2) is 11.1 Å². The first kappa shape index (κ1) is 11.7. The van der Waals surface area contributed by atoms with Gasteiger partial charge in [-0.2, -0.15) is 0 Å². The van der Waals surface area contributed by atoms with Crippen molar-refractivity contribution >= 4 is 11.9 Å². The summed E-state index contributed by atoms with van der Waals surface area (Å²) in [5.41, 5.74) is 1.39. The van der Waals surface area contributed by atoms with E-state index in [0.717, 1.165) is 38.0 Å². The van der Waals surface area contributed by atoms with Gasteiger partial charge in [-0.25, -0.2) is 4.79 Å². The molecule has 0 radical (unpaired) electrons. The van der Waals surface area contributed by atoms with Crippen molar-refractivity contribution < 1.29 is 14.3 Å². The standard InChI is InChI=1S/C13H18N2O3/c1-8-9(7-18-11(8)16)10-6-14-4-2-13(10)3-5-15-12(13)17/h10,14H,2-7H2,1H3,(H,15,17). The third kappa shape index (κ3) is 1.50. The molecule has 0 bridgehead atoms. The van der Waals surface area contributed by atoms with Crippen LogP contribution in [0.5, 0.6) is 0 Å². The molecule has 0 aromatic rings. The molecule has 5 heteroatoms. The van der Waals surface area contributed by atoms with Crippen LogP contribution in [0.4, 0.5) is 0 Å². The van der Waals surface area contributed by atoms with Gasteiger partial charge in [0.25, 0.3) is 0 Å². The van der Waals surface area contributed by atoms with Crippen LogP contribution in [0.25, 0.3) is 0 Å².